The van der Waals surface area contributed by atoms with Gasteiger partial charge in [-0.3, -0.25) is 0 Å². The van der Waals surface area contributed by atoms with E-state index in [2.05, 4.69) is 57.7 Å². The number of rotatable bonds is 2. The molecular formula is C17H27N. The molecule has 0 amide bonds. The molecule has 0 aliphatic carbocycles. The van der Waals surface area contributed by atoms with Gasteiger partial charge in [0, 0.05) is 18.8 Å². The fourth-order valence-electron chi connectivity index (χ4n) is 3.15. The van der Waals surface area contributed by atoms with E-state index in [1.54, 1.807) is 0 Å². The van der Waals surface area contributed by atoms with Gasteiger partial charge in [-0.1, -0.05) is 33.8 Å². The zero-order chi connectivity index (χ0) is 13.3. The molecule has 0 spiro atoms. The first-order chi connectivity index (χ1) is 8.39. The van der Waals surface area contributed by atoms with Crippen molar-refractivity contribution in [2.75, 3.05) is 18.0 Å². The van der Waals surface area contributed by atoms with Gasteiger partial charge in [-0.25, -0.2) is 0 Å². The van der Waals surface area contributed by atoms with Crippen LogP contribution in [-0.2, 0) is 0 Å². The second kappa shape index (κ2) is 4.95. The zero-order valence-electron chi connectivity index (χ0n) is 12.6. The molecule has 1 saturated heterocycles. The molecule has 0 bridgehead atoms. The second-order valence-corrected chi connectivity index (χ2v) is 6.88. The summed E-state index contributed by atoms with van der Waals surface area (Å²) in [4.78, 5) is 2.56. The van der Waals surface area contributed by atoms with E-state index >= 15 is 0 Å². The SMILES string of the molecule is Cc1cc(N2CCCC(C)(C)C2)ccc1C(C)C. The molecule has 0 aromatic heterocycles. The van der Waals surface area contributed by atoms with E-state index in [1.165, 1.54) is 42.7 Å². The number of nitrogens with zero attached hydrogens (tertiary/aromatic N) is 1. The third kappa shape index (κ3) is 2.88. The van der Waals surface area contributed by atoms with Crippen molar-refractivity contribution >= 4 is 5.69 Å². The fourth-order valence-corrected chi connectivity index (χ4v) is 3.15. The molecular weight excluding hydrogens is 218 g/mol. The Balaban J connectivity index is 2.21. The van der Waals surface area contributed by atoms with Crippen LogP contribution in [-0.4, -0.2) is 13.1 Å². The molecule has 0 radical (unpaired) electrons. The molecule has 1 fully saturated rings. The van der Waals surface area contributed by atoms with Crippen molar-refractivity contribution in [1.82, 2.24) is 0 Å². The van der Waals surface area contributed by atoms with E-state index in [0.717, 1.165) is 0 Å². The summed E-state index contributed by atoms with van der Waals surface area (Å²) >= 11 is 0. The lowest BCUT2D eigenvalue weighted by atomic mass is 9.84. The first-order valence-electron chi connectivity index (χ1n) is 7.24. The fraction of sp³-hybridized carbons (Fsp3) is 0.647. The maximum atomic E-state index is 2.56. The summed E-state index contributed by atoms with van der Waals surface area (Å²) in [5.41, 5.74) is 4.79. The van der Waals surface area contributed by atoms with Gasteiger partial charge in [0.05, 0.1) is 0 Å². The Morgan fingerprint density at radius 2 is 1.94 bits per heavy atom. The number of benzene rings is 1. The molecule has 0 unspecified atom stereocenters. The van der Waals surface area contributed by atoms with Gasteiger partial charge in [-0.2, -0.15) is 0 Å². The molecule has 1 heteroatoms. The second-order valence-electron chi connectivity index (χ2n) is 6.88. The van der Waals surface area contributed by atoms with Crippen molar-refractivity contribution in [2.45, 2.75) is 53.4 Å². The first-order valence-corrected chi connectivity index (χ1v) is 7.24. The highest BCUT2D eigenvalue weighted by Crippen LogP contribution is 2.33. The molecule has 1 nitrogen and oxygen atoms in total. The van der Waals surface area contributed by atoms with Gasteiger partial charge in [0.1, 0.15) is 0 Å². The van der Waals surface area contributed by atoms with Gasteiger partial charge in [-0.15, -0.1) is 0 Å². The Kier molecular flexibility index (Phi) is 3.70. The number of piperidine rings is 1. The van der Waals surface area contributed by atoms with Gasteiger partial charge in [0.15, 0.2) is 0 Å². The highest BCUT2D eigenvalue weighted by Gasteiger charge is 2.26. The Labute approximate surface area is 112 Å². The lowest BCUT2D eigenvalue weighted by molar-refractivity contribution is 0.293. The van der Waals surface area contributed by atoms with E-state index in [9.17, 15) is 0 Å². The monoisotopic (exact) mass is 245 g/mol. The predicted octanol–water partition coefficient (Wildman–Crippen LogP) is 4.74. The van der Waals surface area contributed by atoms with Crippen LogP contribution in [0.3, 0.4) is 0 Å². The zero-order valence-corrected chi connectivity index (χ0v) is 12.6. The van der Waals surface area contributed by atoms with Crippen LogP contribution in [0, 0.1) is 12.3 Å². The van der Waals surface area contributed by atoms with Crippen molar-refractivity contribution in [3.05, 3.63) is 29.3 Å². The summed E-state index contributed by atoms with van der Waals surface area (Å²) in [6.45, 7) is 14.0. The van der Waals surface area contributed by atoms with Gasteiger partial charge in [-0.05, 0) is 54.4 Å². The highest BCUT2D eigenvalue weighted by molar-refractivity contribution is 5.52. The van der Waals surface area contributed by atoms with Crippen molar-refractivity contribution in [3.63, 3.8) is 0 Å². The summed E-state index contributed by atoms with van der Waals surface area (Å²) in [6.07, 6.45) is 2.67. The number of hydrogen-bond acceptors (Lipinski definition) is 1. The summed E-state index contributed by atoms with van der Waals surface area (Å²) in [5.74, 6) is 0.622. The lowest BCUT2D eigenvalue weighted by Gasteiger charge is -2.39. The summed E-state index contributed by atoms with van der Waals surface area (Å²) < 4.78 is 0. The lowest BCUT2D eigenvalue weighted by Crippen LogP contribution is -2.40. The average Bonchev–Trinajstić information content (AvgIpc) is 2.27. The number of anilines is 1. The molecule has 18 heavy (non-hydrogen) atoms. The molecule has 1 heterocycles. The first kappa shape index (κ1) is 13.5. The molecule has 1 aromatic carbocycles. The van der Waals surface area contributed by atoms with Crippen LogP contribution in [0.15, 0.2) is 18.2 Å². The highest BCUT2D eigenvalue weighted by atomic mass is 15.1. The van der Waals surface area contributed by atoms with Crippen LogP contribution in [0.1, 0.15) is 57.6 Å². The predicted molar refractivity (Wildman–Crippen MR) is 80.5 cm³/mol. The van der Waals surface area contributed by atoms with Crippen molar-refractivity contribution in [3.8, 4) is 0 Å². The van der Waals surface area contributed by atoms with Gasteiger partial charge < -0.3 is 4.90 Å². The Bertz CT molecular complexity index is 418. The molecule has 1 aliphatic rings. The quantitative estimate of drug-likeness (QED) is 0.727. The van der Waals surface area contributed by atoms with Crippen molar-refractivity contribution < 1.29 is 0 Å². The third-order valence-corrected chi connectivity index (χ3v) is 4.14. The molecule has 0 N–H and O–H groups in total. The topological polar surface area (TPSA) is 3.24 Å². The molecule has 0 atom stereocenters. The van der Waals surface area contributed by atoms with Crippen molar-refractivity contribution in [1.29, 1.82) is 0 Å². The summed E-state index contributed by atoms with van der Waals surface area (Å²) in [5, 5.41) is 0. The minimum absolute atomic E-state index is 0.461. The molecule has 100 valence electrons. The van der Waals surface area contributed by atoms with Crippen LogP contribution in [0.4, 0.5) is 5.69 Å². The van der Waals surface area contributed by atoms with Gasteiger partial charge >= 0.3 is 0 Å². The van der Waals surface area contributed by atoms with Crippen LogP contribution in [0.2, 0.25) is 0 Å². The Morgan fingerprint density at radius 3 is 2.50 bits per heavy atom. The standard InChI is InChI=1S/C17H27N/c1-13(2)16-8-7-15(11-14(16)3)18-10-6-9-17(4,5)12-18/h7-8,11,13H,6,9-10,12H2,1-5H3. The summed E-state index contributed by atoms with van der Waals surface area (Å²) in [6, 6.07) is 7.00. The minimum Gasteiger partial charge on any atom is -0.371 e. The number of hydrogen-bond donors (Lipinski definition) is 0. The van der Waals surface area contributed by atoms with Crippen LogP contribution < -0.4 is 4.90 Å². The van der Waals surface area contributed by atoms with E-state index in [4.69, 9.17) is 0 Å². The Hall–Kier alpha value is -0.980. The molecule has 1 aromatic rings. The maximum absolute atomic E-state index is 2.56. The van der Waals surface area contributed by atoms with Gasteiger partial charge in [0.25, 0.3) is 0 Å². The molecule has 2 rings (SSSR count). The normalized spacial score (nSPS) is 19.3. The largest absolute Gasteiger partial charge is 0.371 e. The van der Waals surface area contributed by atoms with E-state index in [1.807, 2.05) is 0 Å². The van der Waals surface area contributed by atoms with Gasteiger partial charge in [0.2, 0.25) is 0 Å². The third-order valence-electron chi connectivity index (χ3n) is 4.14. The van der Waals surface area contributed by atoms with E-state index < -0.39 is 0 Å². The summed E-state index contributed by atoms with van der Waals surface area (Å²) in [7, 11) is 0. The van der Waals surface area contributed by atoms with E-state index in [-0.39, 0.29) is 0 Å². The maximum Gasteiger partial charge on any atom is 0.0369 e. The van der Waals surface area contributed by atoms with E-state index in [0.29, 0.717) is 11.3 Å². The number of aryl methyl sites for hydroxylation is 1. The smallest absolute Gasteiger partial charge is 0.0369 e. The molecule has 1 aliphatic heterocycles. The Morgan fingerprint density at radius 1 is 1.22 bits per heavy atom. The molecule has 0 saturated carbocycles. The van der Waals surface area contributed by atoms with Crippen molar-refractivity contribution in [2.24, 2.45) is 5.41 Å². The van der Waals surface area contributed by atoms with Crippen LogP contribution in [0.25, 0.3) is 0 Å². The average molecular weight is 245 g/mol. The minimum atomic E-state index is 0.461. The van der Waals surface area contributed by atoms with Crippen LogP contribution >= 0.6 is 0 Å². The van der Waals surface area contributed by atoms with Crippen LogP contribution in [0.5, 0.6) is 0 Å².